The fraction of sp³-hybridized carbons (Fsp3) is 0.174. The molecular weight excluding hydrogens is 442 g/mol. The van der Waals surface area contributed by atoms with Crippen LogP contribution in [0, 0.1) is 6.92 Å². The molecule has 0 saturated carbocycles. The predicted molar refractivity (Wildman–Crippen MR) is 126 cm³/mol. The van der Waals surface area contributed by atoms with E-state index in [1.165, 1.54) is 22.8 Å². The first kappa shape index (κ1) is 22.3. The lowest BCUT2D eigenvalue weighted by atomic mass is 10.2. The highest BCUT2D eigenvalue weighted by Crippen LogP contribution is 2.19. The summed E-state index contributed by atoms with van der Waals surface area (Å²) in [6.07, 6.45) is 2.55. The summed E-state index contributed by atoms with van der Waals surface area (Å²) in [6, 6.07) is 15.6. The van der Waals surface area contributed by atoms with Crippen LogP contribution in [0.15, 0.2) is 65.7 Å². The summed E-state index contributed by atoms with van der Waals surface area (Å²) in [4.78, 5) is 17.3. The second kappa shape index (κ2) is 8.91. The number of aromatic nitrogens is 3. The smallest absolute Gasteiger partial charge is 0.276 e. The molecular formula is C23H23N5O4S. The minimum Gasteiger partial charge on any atom is -0.497 e. The zero-order chi connectivity index (χ0) is 23.6. The standard InChI is InChI=1S/C23H23N5O4S/c1-15-11-21-24-14-20(23(29)26-17-5-4-6-19(12-17)33(3,30)31)28(21)27-22(15)25-13-16-7-9-18(32-2)10-8-16/h4-12,14H,13H2,1-3H3,(H,25,27)(H,26,29). The average molecular weight is 466 g/mol. The Hall–Kier alpha value is -3.92. The number of ether oxygens (including phenoxy) is 1. The molecule has 9 nitrogen and oxygen atoms in total. The quantitative estimate of drug-likeness (QED) is 0.430. The molecule has 0 aliphatic rings. The van der Waals surface area contributed by atoms with E-state index in [2.05, 4.69) is 20.7 Å². The third kappa shape index (κ3) is 4.96. The van der Waals surface area contributed by atoms with E-state index >= 15 is 0 Å². The number of hydrogen-bond acceptors (Lipinski definition) is 7. The maximum atomic E-state index is 12.9. The summed E-state index contributed by atoms with van der Waals surface area (Å²) < 4.78 is 30.2. The maximum Gasteiger partial charge on any atom is 0.276 e. The Balaban J connectivity index is 1.56. The van der Waals surface area contributed by atoms with E-state index in [0.29, 0.717) is 23.7 Å². The lowest BCUT2D eigenvalue weighted by molar-refractivity contribution is 0.102. The van der Waals surface area contributed by atoms with Crippen LogP contribution in [0.25, 0.3) is 5.65 Å². The van der Waals surface area contributed by atoms with Crippen LogP contribution in [0.5, 0.6) is 5.75 Å². The number of sulfone groups is 1. The minimum atomic E-state index is -3.39. The van der Waals surface area contributed by atoms with Gasteiger partial charge in [-0.15, -0.1) is 5.10 Å². The van der Waals surface area contributed by atoms with Gasteiger partial charge in [-0.3, -0.25) is 4.79 Å². The van der Waals surface area contributed by atoms with Gasteiger partial charge in [-0.25, -0.2) is 17.9 Å². The number of nitrogens with one attached hydrogen (secondary N) is 2. The molecule has 2 aromatic carbocycles. The van der Waals surface area contributed by atoms with Crippen LogP contribution in [-0.4, -0.2) is 42.3 Å². The third-order valence-electron chi connectivity index (χ3n) is 5.06. The summed E-state index contributed by atoms with van der Waals surface area (Å²) in [5.41, 5.74) is 3.04. The van der Waals surface area contributed by atoms with Gasteiger partial charge >= 0.3 is 0 Å². The monoisotopic (exact) mass is 465 g/mol. The molecule has 2 heterocycles. The molecule has 4 rings (SSSR count). The van der Waals surface area contributed by atoms with Crippen molar-refractivity contribution in [3.63, 3.8) is 0 Å². The molecule has 33 heavy (non-hydrogen) atoms. The zero-order valence-electron chi connectivity index (χ0n) is 18.4. The molecule has 0 aliphatic heterocycles. The lowest BCUT2D eigenvalue weighted by Crippen LogP contribution is -2.16. The van der Waals surface area contributed by atoms with Crippen molar-refractivity contribution in [2.45, 2.75) is 18.4 Å². The lowest BCUT2D eigenvalue weighted by Gasteiger charge is -2.11. The number of imidazole rings is 1. The van der Waals surface area contributed by atoms with Crippen molar-refractivity contribution in [2.24, 2.45) is 0 Å². The number of fused-ring (bicyclic) bond motifs is 1. The van der Waals surface area contributed by atoms with E-state index in [4.69, 9.17) is 4.74 Å². The topological polar surface area (TPSA) is 115 Å². The van der Waals surface area contributed by atoms with Crippen LogP contribution >= 0.6 is 0 Å². The molecule has 0 atom stereocenters. The van der Waals surface area contributed by atoms with Crippen molar-refractivity contribution in [1.82, 2.24) is 14.6 Å². The Morgan fingerprint density at radius 1 is 1.12 bits per heavy atom. The molecule has 2 N–H and O–H groups in total. The normalized spacial score (nSPS) is 11.4. The SMILES string of the molecule is COc1ccc(CNc2nn3c(C(=O)Nc4cccc(S(C)(=O)=O)c4)cnc3cc2C)cc1. The fourth-order valence-corrected chi connectivity index (χ4v) is 3.93. The van der Waals surface area contributed by atoms with Crippen LogP contribution in [0.1, 0.15) is 21.6 Å². The van der Waals surface area contributed by atoms with Crippen LogP contribution in [0.4, 0.5) is 11.5 Å². The van der Waals surface area contributed by atoms with Crippen LogP contribution < -0.4 is 15.4 Å². The summed E-state index contributed by atoms with van der Waals surface area (Å²) in [7, 11) is -1.77. The molecule has 2 aromatic heterocycles. The van der Waals surface area contributed by atoms with Crippen LogP contribution in [-0.2, 0) is 16.4 Å². The van der Waals surface area contributed by atoms with Crippen LogP contribution in [0.3, 0.4) is 0 Å². The first-order valence-electron chi connectivity index (χ1n) is 10.1. The van der Waals surface area contributed by atoms with E-state index in [9.17, 15) is 13.2 Å². The fourth-order valence-electron chi connectivity index (χ4n) is 3.26. The Morgan fingerprint density at radius 3 is 2.58 bits per heavy atom. The predicted octanol–water partition coefficient (Wildman–Crippen LogP) is 3.31. The molecule has 1 amide bonds. The van der Waals surface area contributed by atoms with E-state index in [-0.39, 0.29) is 10.6 Å². The van der Waals surface area contributed by atoms with E-state index < -0.39 is 15.7 Å². The molecule has 4 aromatic rings. The highest BCUT2D eigenvalue weighted by Gasteiger charge is 2.16. The number of methoxy groups -OCH3 is 1. The number of aryl methyl sites for hydroxylation is 1. The van der Waals surface area contributed by atoms with Gasteiger partial charge in [0.05, 0.1) is 18.2 Å². The molecule has 0 saturated heterocycles. The number of carbonyl (C=O) groups excluding carboxylic acids is 1. The average Bonchev–Trinajstić information content (AvgIpc) is 3.20. The second-order valence-electron chi connectivity index (χ2n) is 7.55. The second-order valence-corrected chi connectivity index (χ2v) is 9.56. The van der Waals surface area contributed by atoms with Crippen molar-refractivity contribution in [2.75, 3.05) is 24.0 Å². The number of amides is 1. The van der Waals surface area contributed by atoms with Gasteiger partial charge < -0.3 is 15.4 Å². The van der Waals surface area contributed by atoms with Gasteiger partial charge in [0, 0.05) is 18.5 Å². The Bertz CT molecular complexity index is 1430. The van der Waals surface area contributed by atoms with Crippen molar-refractivity contribution in [1.29, 1.82) is 0 Å². The maximum absolute atomic E-state index is 12.9. The molecule has 0 unspecified atom stereocenters. The van der Waals surface area contributed by atoms with Gasteiger partial charge in [-0.2, -0.15) is 0 Å². The molecule has 0 radical (unpaired) electrons. The number of rotatable bonds is 7. The van der Waals surface area contributed by atoms with Crippen LogP contribution in [0.2, 0.25) is 0 Å². The number of nitrogens with zero attached hydrogens (tertiary/aromatic N) is 3. The molecule has 0 aliphatic carbocycles. The molecule has 170 valence electrons. The number of hydrogen-bond donors (Lipinski definition) is 2. The van der Waals surface area contributed by atoms with Crippen molar-refractivity contribution in [3.8, 4) is 5.75 Å². The zero-order valence-corrected chi connectivity index (χ0v) is 19.2. The Kier molecular flexibility index (Phi) is 6.01. The number of carbonyl (C=O) groups is 1. The Labute approximate surface area is 191 Å². The summed E-state index contributed by atoms with van der Waals surface area (Å²) in [5, 5.41) is 10.6. The largest absolute Gasteiger partial charge is 0.497 e. The van der Waals surface area contributed by atoms with Crippen molar-refractivity contribution in [3.05, 3.63) is 77.6 Å². The summed E-state index contributed by atoms with van der Waals surface area (Å²) >= 11 is 0. The minimum absolute atomic E-state index is 0.122. The molecule has 10 heteroatoms. The van der Waals surface area contributed by atoms with Crippen molar-refractivity contribution < 1.29 is 17.9 Å². The molecule has 0 fully saturated rings. The highest BCUT2D eigenvalue weighted by atomic mass is 32.2. The number of anilines is 2. The van der Waals surface area contributed by atoms with Crippen molar-refractivity contribution >= 4 is 32.9 Å². The molecule has 0 bridgehead atoms. The first-order valence-corrected chi connectivity index (χ1v) is 12.0. The highest BCUT2D eigenvalue weighted by molar-refractivity contribution is 7.90. The van der Waals surface area contributed by atoms with Gasteiger partial charge in [0.15, 0.2) is 21.2 Å². The van der Waals surface area contributed by atoms with Gasteiger partial charge in [-0.05, 0) is 54.4 Å². The molecule has 0 spiro atoms. The van der Waals surface area contributed by atoms with Gasteiger partial charge in [0.2, 0.25) is 0 Å². The van der Waals surface area contributed by atoms with E-state index in [1.54, 1.807) is 19.2 Å². The van der Waals surface area contributed by atoms with E-state index in [0.717, 1.165) is 23.1 Å². The summed E-state index contributed by atoms with van der Waals surface area (Å²) in [6.45, 7) is 2.45. The number of benzene rings is 2. The third-order valence-corrected chi connectivity index (χ3v) is 6.17. The summed E-state index contributed by atoms with van der Waals surface area (Å²) in [5.74, 6) is 0.945. The first-order chi connectivity index (χ1) is 15.7. The Morgan fingerprint density at radius 2 is 1.88 bits per heavy atom. The van der Waals surface area contributed by atoms with E-state index in [1.807, 2.05) is 37.3 Å². The van der Waals surface area contributed by atoms with Gasteiger partial charge in [0.25, 0.3) is 5.91 Å². The van der Waals surface area contributed by atoms with Gasteiger partial charge in [0.1, 0.15) is 11.6 Å². The van der Waals surface area contributed by atoms with Gasteiger partial charge in [-0.1, -0.05) is 18.2 Å².